The van der Waals surface area contributed by atoms with Gasteiger partial charge in [0, 0.05) is 25.0 Å². The first-order valence-electron chi connectivity index (χ1n) is 7.80. The second kappa shape index (κ2) is 6.20. The summed E-state index contributed by atoms with van der Waals surface area (Å²) in [6.07, 6.45) is 12.0. The fraction of sp³-hybridized carbons (Fsp3) is 0.688. The van der Waals surface area contributed by atoms with Crippen molar-refractivity contribution in [1.82, 2.24) is 10.4 Å². The van der Waals surface area contributed by atoms with E-state index in [1.54, 1.807) is 0 Å². The molecule has 1 spiro atoms. The minimum atomic E-state index is 0.201. The molecule has 4 nitrogen and oxygen atoms in total. The molecule has 0 aromatic carbocycles. The summed E-state index contributed by atoms with van der Waals surface area (Å²) in [5.74, 6) is 6.45. The molecule has 1 aliphatic carbocycles. The summed E-state index contributed by atoms with van der Waals surface area (Å²) in [7, 11) is 0. The van der Waals surface area contributed by atoms with E-state index in [2.05, 4.69) is 16.5 Å². The summed E-state index contributed by atoms with van der Waals surface area (Å²) in [5, 5.41) is 0. The first-order valence-corrected chi connectivity index (χ1v) is 7.80. The van der Waals surface area contributed by atoms with E-state index in [9.17, 15) is 0 Å². The minimum Gasteiger partial charge on any atom is -0.375 e. The minimum absolute atomic E-state index is 0.201. The first kappa shape index (κ1) is 14.0. The molecule has 2 unspecified atom stereocenters. The summed E-state index contributed by atoms with van der Waals surface area (Å²) in [4.78, 5) is 4.17. The van der Waals surface area contributed by atoms with Crippen molar-refractivity contribution in [2.45, 2.75) is 56.6 Å². The number of aryl methyl sites for hydroxylation is 1. The smallest absolute Gasteiger partial charge is 0.0685 e. The monoisotopic (exact) mass is 275 g/mol. The van der Waals surface area contributed by atoms with Crippen LogP contribution in [0.4, 0.5) is 0 Å². The van der Waals surface area contributed by atoms with Crippen LogP contribution in [0.1, 0.15) is 44.1 Å². The van der Waals surface area contributed by atoms with Gasteiger partial charge >= 0.3 is 0 Å². The molecule has 4 heteroatoms. The van der Waals surface area contributed by atoms with Crippen molar-refractivity contribution in [2.75, 3.05) is 6.61 Å². The summed E-state index contributed by atoms with van der Waals surface area (Å²) >= 11 is 0. The fourth-order valence-corrected chi connectivity index (χ4v) is 3.65. The molecule has 1 aromatic heterocycles. The lowest BCUT2D eigenvalue weighted by Gasteiger charge is -2.48. The number of aromatic nitrogens is 1. The van der Waals surface area contributed by atoms with E-state index in [0.29, 0.717) is 12.0 Å². The van der Waals surface area contributed by atoms with Gasteiger partial charge < -0.3 is 4.74 Å². The molecule has 3 rings (SSSR count). The van der Waals surface area contributed by atoms with E-state index in [0.717, 1.165) is 25.9 Å². The molecular weight excluding hydrogens is 250 g/mol. The highest BCUT2D eigenvalue weighted by atomic mass is 16.5. The van der Waals surface area contributed by atoms with Gasteiger partial charge in [-0.3, -0.25) is 16.3 Å². The van der Waals surface area contributed by atoms with Crippen LogP contribution >= 0.6 is 0 Å². The van der Waals surface area contributed by atoms with Gasteiger partial charge in [-0.1, -0.05) is 6.07 Å². The van der Waals surface area contributed by atoms with Crippen molar-refractivity contribution in [3.8, 4) is 0 Å². The third-order valence-corrected chi connectivity index (χ3v) is 5.05. The molecule has 110 valence electrons. The van der Waals surface area contributed by atoms with Crippen molar-refractivity contribution in [2.24, 2.45) is 11.8 Å². The topological polar surface area (TPSA) is 60.2 Å². The molecule has 1 saturated heterocycles. The molecule has 0 radical (unpaired) electrons. The highest BCUT2D eigenvalue weighted by Gasteiger charge is 2.44. The molecule has 2 heterocycles. The standard InChI is InChI=1S/C16H25N3O/c17-19-15(5-4-13-3-1-9-18-12-13)14-6-10-20-16(11-14)7-2-8-16/h1,3,9,12,14-15,19H,2,4-8,10-11,17H2. The Labute approximate surface area is 121 Å². The maximum absolute atomic E-state index is 6.01. The normalized spacial score (nSPS) is 26.1. The fourth-order valence-electron chi connectivity index (χ4n) is 3.65. The number of nitrogens with zero attached hydrogens (tertiary/aromatic N) is 1. The van der Waals surface area contributed by atoms with Crippen LogP contribution in [0.3, 0.4) is 0 Å². The second-order valence-corrected chi connectivity index (χ2v) is 6.31. The second-order valence-electron chi connectivity index (χ2n) is 6.31. The predicted octanol–water partition coefficient (Wildman–Crippen LogP) is 2.20. The van der Waals surface area contributed by atoms with Gasteiger partial charge in [-0.25, -0.2) is 0 Å². The van der Waals surface area contributed by atoms with E-state index < -0.39 is 0 Å². The SMILES string of the molecule is NNC(CCc1cccnc1)C1CCOC2(CCC2)C1. The van der Waals surface area contributed by atoms with Gasteiger partial charge in [-0.15, -0.1) is 0 Å². The zero-order valence-electron chi connectivity index (χ0n) is 12.1. The average molecular weight is 275 g/mol. The Bertz CT molecular complexity index is 419. The zero-order chi connectivity index (χ0) is 13.8. The van der Waals surface area contributed by atoms with Gasteiger partial charge in [0.25, 0.3) is 0 Å². The van der Waals surface area contributed by atoms with Crippen LogP contribution in [0.25, 0.3) is 0 Å². The Hall–Kier alpha value is -0.970. The number of nitrogens with two attached hydrogens (primary N) is 1. The molecule has 1 saturated carbocycles. The molecule has 1 aromatic rings. The van der Waals surface area contributed by atoms with E-state index in [1.807, 2.05) is 18.5 Å². The maximum atomic E-state index is 6.01. The lowest BCUT2D eigenvalue weighted by atomic mass is 9.70. The Balaban J connectivity index is 1.55. The van der Waals surface area contributed by atoms with Crippen LogP contribution in [0.15, 0.2) is 24.5 Å². The lowest BCUT2D eigenvalue weighted by molar-refractivity contribution is -0.147. The van der Waals surface area contributed by atoms with Gasteiger partial charge in [0.1, 0.15) is 0 Å². The predicted molar refractivity (Wildman–Crippen MR) is 78.9 cm³/mol. The van der Waals surface area contributed by atoms with Crippen molar-refractivity contribution < 1.29 is 4.74 Å². The van der Waals surface area contributed by atoms with Crippen molar-refractivity contribution in [3.63, 3.8) is 0 Å². The van der Waals surface area contributed by atoms with Crippen LogP contribution in [0.2, 0.25) is 0 Å². The highest BCUT2D eigenvalue weighted by Crippen LogP contribution is 2.45. The van der Waals surface area contributed by atoms with E-state index in [-0.39, 0.29) is 5.60 Å². The summed E-state index contributed by atoms with van der Waals surface area (Å²) < 4.78 is 6.01. The molecule has 0 bridgehead atoms. The number of hydrogen-bond donors (Lipinski definition) is 2. The Morgan fingerprint density at radius 2 is 2.40 bits per heavy atom. The number of ether oxygens (including phenoxy) is 1. The van der Waals surface area contributed by atoms with Crippen molar-refractivity contribution in [3.05, 3.63) is 30.1 Å². The number of hydrogen-bond acceptors (Lipinski definition) is 4. The van der Waals surface area contributed by atoms with E-state index in [4.69, 9.17) is 10.6 Å². The number of rotatable bonds is 5. The number of nitrogens with one attached hydrogen (secondary N) is 1. The van der Waals surface area contributed by atoms with E-state index in [1.165, 1.54) is 31.2 Å². The summed E-state index contributed by atoms with van der Waals surface area (Å²) in [6.45, 7) is 0.899. The van der Waals surface area contributed by atoms with Crippen LogP contribution in [-0.4, -0.2) is 23.2 Å². The van der Waals surface area contributed by atoms with Gasteiger partial charge in [0.15, 0.2) is 0 Å². The Kier molecular flexibility index (Phi) is 4.34. The van der Waals surface area contributed by atoms with Crippen LogP contribution in [0, 0.1) is 5.92 Å². The van der Waals surface area contributed by atoms with Crippen LogP contribution < -0.4 is 11.3 Å². The molecule has 3 N–H and O–H groups in total. The first-order chi connectivity index (χ1) is 9.81. The molecule has 2 aliphatic rings. The van der Waals surface area contributed by atoms with Crippen molar-refractivity contribution in [1.29, 1.82) is 0 Å². The van der Waals surface area contributed by atoms with Gasteiger partial charge in [0.05, 0.1) is 5.60 Å². The molecule has 20 heavy (non-hydrogen) atoms. The number of pyridine rings is 1. The zero-order valence-corrected chi connectivity index (χ0v) is 12.1. The van der Waals surface area contributed by atoms with Gasteiger partial charge in [-0.05, 0) is 62.5 Å². The van der Waals surface area contributed by atoms with Gasteiger partial charge in [-0.2, -0.15) is 0 Å². The van der Waals surface area contributed by atoms with Crippen molar-refractivity contribution >= 4 is 0 Å². The highest BCUT2D eigenvalue weighted by molar-refractivity contribution is 5.09. The molecular formula is C16H25N3O. The van der Waals surface area contributed by atoms with Gasteiger partial charge in [0.2, 0.25) is 0 Å². The largest absolute Gasteiger partial charge is 0.375 e. The summed E-state index contributed by atoms with van der Waals surface area (Å²) in [6, 6.07) is 4.52. The third-order valence-electron chi connectivity index (χ3n) is 5.05. The molecule has 2 atom stereocenters. The third kappa shape index (κ3) is 3.03. The van der Waals surface area contributed by atoms with Crippen LogP contribution in [-0.2, 0) is 11.2 Å². The van der Waals surface area contributed by atoms with Crippen LogP contribution in [0.5, 0.6) is 0 Å². The molecule has 2 fully saturated rings. The Morgan fingerprint density at radius 1 is 1.50 bits per heavy atom. The number of hydrazine groups is 1. The van der Waals surface area contributed by atoms with E-state index >= 15 is 0 Å². The average Bonchev–Trinajstić information content (AvgIpc) is 2.48. The quantitative estimate of drug-likeness (QED) is 0.639. The lowest BCUT2D eigenvalue weighted by Crippen LogP contribution is -2.51. The molecule has 1 aliphatic heterocycles. The Morgan fingerprint density at radius 3 is 3.05 bits per heavy atom. The summed E-state index contributed by atoms with van der Waals surface area (Å²) in [5.41, 5.74) is 4.54. The maximum Gasteiger partial charge on any atom is 0.0685 e. The molecule has 0 amide bonds.